The monoisotopic (exact) mass is 242 g/mol. The Labute approximate surface area is 110 Å². The van der Waals surface area contributed by atoms with Crippen LogP contribution >= 0.6 is 0 Å². The summed E-state index contributed by atoms with van der Waals surface area (Å²) in [7, 11) is 0. The van der Waals surface area contributed by atoms with E-state index in [1.807, 2.05) is 44.2 Å². The maximum Gasteiger partial charge on any atom is 0.137 e. The van der Waals surface area contributed by atoms with Crippen molar-refractivity contribution in [3.63, 3.8) is 0 Å². The molecule has 2 aromatic rings. The fourth-order valence-corrected chi connectivity index (χ4v) is 1.69. The molecule has 0 aliphatic heterocycles. The molecule has 0 atom stereocenters. The Kier molecular flexibility index (Phi) is 5.44. The molecule has 0 N–H and O–H groups in total. The van der Waals surface area contributed by atoms with Crippen molar-refractivity contribution in [1.82, 2.24) is 0 Å². The highest BCUT2D eigenvalue weighted by Crippen LogP contribution is 2.31. The van der Waals surface area contributed by atoms with E-state index in [1.165, 1.54) is 6.42 Å². The quantitative estimate of drug-likeness (QED) is 0.637. The number of allylic oxidation sites excluding steroid dienone is 2. The normalized spacial score (nSPS) is 11.0. The summed E-state index contributed by atoms with van der Waals surface area (Å²) < 4.78 is 5.80. The van der Waals surface area contributed by atoms with Crippen LogP contribution in [-0.2, 0) is 0 Å². The number of benzene rings is 1. The molecule has 0 saturated heterocycles. The number of para-hydroxylation sites is 1. The van der Waals surface area contributed by atoms with Gasteiger partial charge in [0.1, 0.15) is 11.3 Å². The Balaban J connectivity index is 0.000000492. The van der Waals surface area contributed by atoms with Gasteiger partial charge in [0.15, 0.2) is 0 Å². The van der Waals surface area contributed by atoms with Crippen LogP contribution in [0.25, 0.3) is 22.6 Å². The van der Waals surface area contributed by atoms with Gasteiger partial charge in [-0.1, -0.05) is 57.2 Å². The smallest absolute Gasteiger partial charge is 0.137 e. The van der Waals surface area contributed by atoms with Crippen molar-refractivity contribution in [3.05, 3.63) is 48.2 Å². The summed E-state index contributed by atoms with van der Waals surface area (Å²) in [6.45, 7) is 12.1. The van der Waals surface area contributed by atoms with Crippen molar-refractivity contribution in [2.45, 2.75) is 34.1 Å². The van der Waals surface area contributed by atoms with E-state index in [-0.39, 0.29) is 0 Å². The van der Waals surface area contributed by atoms with Gasteiger partial charge in [-0.3, -0.25) is 0 Å². The molecule has 0 bridgehead atoms. The lowest BCUT2D eigenvalue weighted by atomic mass is 10.1. The third-order valence-corrected chi connectivity index (χ3v) is 2.63. The second-order valence-corrected chi connectivity index (χ2v) is 4.22. The zero-order chi connectivity index (χ0) is 13.5. The third-order valence-electron chi connectivity index (χ3n) is 2.63. The fraction of sp³-hybridized carbons (Fsp3) is 0.294. The molecule has 1 nitrogen and oxygen atoms in total. The molecule has 0 unspecified atom stereocenters. The summed E-state index contributed by atoms with van der Waals surface area (Å²) in [6.07, 6.45) is 5.15. The highest BCUT2D eigenvalue weighted by atomic mass is 16.3. The summed E-state index contributed by atoms with van der Waals surface area (Å²) in [6, 6.07) is 8.03. The minimum atomic E-state index is 0.920. The van der Waals surface area contributed by atoms with Gasteiger partial charge in [-0.15, -0.1) is 0 Å². The molecule has 0 saturated carbocycles. The van der Waals surface area contributed by atoms with Crippen LogP contribution < -0.4 is 0 Å². The number of hydrogen-bond acceptors (Lipinski definition) is 1. The Hall–Kier alpha value is -1.76. The molecule has 18 heavy (non-hydrogen) atoms. The number of hydrogen-bond donors (Lipinski definition) is 0. The van der Waals surface area contributed by atoms with Crippen LogP contribution in [0.3, 0.4) is 0 Å². The second kappa shape index (κ2) is 6.85. The molecule has 96 valence electrons. The van der Waals surface area contributed by atoms with Crippen LogP contribution in [0.5, 0.6) is 0 Å². The Morgan fingerprint density at radius 3 is 2.44 bits per heavy atom. The van der Waals surface area contributed by atoms with E-state index in [2.05, 4.69) is 26.5 Å². The average molecular weight is 242 g/mol. The highest BCUT2D eigenvalue weighted by molar-refractivity contribution is 5.92. The largest absolute Gasteiger partial charge is 0.456 e. The lowest BCUT2D eigenvalue weighted by Gasteiger charge is -1.96. The second-order valence-electron chi connectivity index (χ2n) is 4.22. The van der Waals surface area contributed by atoms with E-state index in [4.69, 9.17) is 4.42 Å². The van der Waals surface area contributed by atoms with E-state index >= 15 is 0 Å². The van der Waals surface area contributed by atoms with Gasteiger partial charge in [-0.05, 0) is 25.5 Å². The first-order valence-electron chi connectivity index (χ1n) is 6.46. The minimum absolute atomic E-state index is 0.920. The molecular weight excluding hydrogens is 220 g/mol. The molecule has 0 amide bonds. The average Bonchev–Trinajstić information content (AvgIpc) is 2.77. The first kappa shape index (κ1) is 14.3. The van der Waals surface area contributed by atoms with E-state index in [9.17, 15) is 0 Å². The van der Waals surface area contributed by atoms with E-state index < -0.39 is 0 Å². The van der Waals surface area contributed by atoms with Crippen molar-refractivity contribution in [2.24, 2.45) is 0 Å². The molecule has 0 fully saturated rings. The fourth-order valence-electron chi connectivity index (χ4n) is 1.69. The zero-order valence-corrected chi connectivity index (χ0v) is 11.8. The zero-order valence-electron chi connectivity index (χ0n) is 11.8. The first-order valence-corrected chi connectivity index (χ1v) is 6.46. The van der Waals surface area contributed by atoms with E-state index in [0.717, 1.165) is 27.9 Å². The lowest BCUT2D eigenvalue weighted by Crippen LogP contribution is -1.78. The van der Waals surface area contributed by atoms with Crippen LogP contribution in [-0.4, -0.2) is 0 Å². The molecular formula is C17H22O. The summed E-state index contributed by atoms with van der Waals surface area (Å²) in [4.78, 5) is 0. The SMILES string of the molecule is C=Cc1c(/C(C)=C\C)oc2ccccc12.CCC. The van der Waals surface area contributed by atoms with Crippen molar-refractivity contribution >= 4 is 22.6 Å². The predicted molar refractivity (Wildman–Crippen MR) is 81.6 cm³/mol. The Bertz CT molecular complexity index is 544. The van der Waals surface area contributed by atoms with Gasteiger partial charge in [0, 0.05) is 10.9 Å². The number of rotatable bonds is 2. The van der Waals surface area contributed by atoms with Gasteiger partial charge >= 0.3 is 0 Å². The maximum atomic E-state index is 5.80. The Morgan fingerprint density at radius 2 is 1.89 bits per heavy atom. The minimum Gasteiger partial charge on any atom is -0.456 e. The molecule has 1 heterocycles. The van der Waals surface area contributed by atoms with Gasteiger partial charge in [0.05, 0.1) is 0 Å². The van der Waals surface area contributed by atoms with Crippen molar-refractivity contribution in [3.8, 4) is 0 Å². The standard InChI is InChI=1S/C14H14O.C3H8/c1-4-10(3)14-11(5-2)12-8-6-7-9-13(12)15-14;1-3-2/h4-9H,2H2,1,3H3;3H2,1-2H3/b10-4-;. The molecule has 1 aromatic heterocycles. The van der Waals surface area contributed by atoms with Gasteiger partial charge in [-0.25, -0.2) is 0 Å². The third kappa shape index (κ3) is 2.92. The van der Waals surface area contributed by atoms with Gasteiger partial charge in [-0.2, -0.15) is 0 Å². The lowest BCUT2D eigenvalue weighted by molar-refractivity contribution is 0.598. The van der Waals surface area contributed by atoms with E-state index in [1.54, 1.807) is 0 Å². The summed E-state index contributed by atoms with van der Waals surface area (Å²) in [5.41, 5.74) is 3.14. The summed E-state index contributed by atoms with van der Waals surface area (Å²) in [5.74, 6) is 0.925. The Morgan fingerprint density at radius 1 is 1.28 bits per heavy atom. The summed E-state index contributed by atoms with van der Waals surface area (Å²) in [5, 5.41) is 1.13. The number of furan rings is 1. The van der Waals surface area contributed by atoms with Gasteiger partial charge in [0.25, 0.3) is 0 Å². The maximum absolute atomic E-state index is 5.80. The van der Waals surface area contributed by atoms with Crippen molar-refractivity contribution in [2.75, 3.05) is 0 Å². The van der Waals surface area contributed by atoms with Gasteiger partial charge in [0.2, 0.25) is 0 Å². The van der Waals surface area contributed by atoms with Crippen LogP contribution in [0.1, 0.15) is 45.4 Å². The van der Waals surface area contributed by atoms with E-state index in [0.29, 0.717) is 0 Å². The molecule has 0 radical (unpaired) electrons. The molecule has 2 rings (SSSR count). The van der Waals surface area contributed by atoms with Gasteiger partial charge < -0.3 is 4.42 Å². The molecule has 0 aliphatic carbocycles. The van der Waals surface area contributed by atoms with Crippen LogP contribution in [0.2, 0.25) is 0 Å². The first-order chi connectivity index (χ1) is 8.69. The van der Waals surface area contributed by atoms with Crippen LogP contribution in [0.15, 0.2) is 41.3 Å². The van der Waals surface area contributed by atoms with Crippen molar-refractivity contribution < 1.29 is 4.42 Å². The van der Waals surface area contributed by atoms with Crippen LogP contribution in [0, 0.1) is 0 Å². The molecule has 0 aliphatic rings. The molecule has 1 heteroatoms. The van der Waals surface area contributed by atoms with Crippen LogP contribution in [0.4, 0.5) is 0 Å². The predicted octanol–water partition coefficient (Wildman–Crippen LogP) is 5.92. The van der Waals surface area contributed by atoms with Crippen molar-refractivity contribution in [1.29, 1.82) is 0 Å². The summed E-state index contributed by atoms with van der Waals surface area (Å²) >= 11 is 0. The topological polar surface area (TPSA) is 13.1 Å². The highest BCUT2D eigenvalue weighted by Gasteiger charge is 2.11. The molecule has 0 spiro atoms. The molecule has 1 aromatic carbocycles. The number of fused-ring (bicyclic) bond motifs is 1.